The van der Waals surface area contributed by atoms with Crippen molar-refractivity contribution in [3.8, 4) is 5.75 Å². The molecule has 0 bridgehead atoms. The molecule has 0 atom stereocenters. The van der Waals surface area contributed by atoms with E-state index in [4.69, 9.17) is 10.5 Å². The molecule has 5 nitrogen and oxygen atoms in total. The van der Waals surface area contributed by atoms with Crippen molar-refractivity contribution in [3.63, 3.8) is 0 Å². The number of aromatic nitrogens is 1. The van der Waals surface area contributed by atoms with Gasteiger partial charge in [-0.05, 0) is 36.2 Å². The highest BCUT2D eigenvalue weighted by molar-refractivity contribution is 5.97. The van der Waals surface area contributed by atoms with Crippen LogP contribution in [0, 0.1) is 0 Å². The van der Waals surface area contributed by atoms with Gasteiger partial charge in [-0.25, -0.2) is 0 Å². The molecule has 0 aliphatic heterocycles. The van der Waals surface area contributed by atoms with Crippen LogP contribution < -0.4 is 15.8 Å². The maximum atomic E-state index is 12.1. The number of benzene rings is 1. The molecule has 0 saturated carbocycles. The van der Waals surface area contributed by atoms with Crippen molar-refractivity contribution in [1.29, 1.82) is 0 Å². The summed E-state index contributed by atoms with van der Waals surface area (Å²) in [6, 6.07) is 8.83. The molecule has 20 heavy (non-hydrogen) atoms. The van der Waals surface area contributed by atoms with E-state index in [2.05, 4.69) is 10.3 Å². The highest BCUT2D eigenvalue weighted by Gasteiger charge is 2.11. The lowest BCUT2D eigenvalue weighted by Gasteiger charge is -2.10. The van der Waals surface area contributed by atoms with Gasteiger partial charge in [0, 0.05) is 30.7 Å². The maximum Gasteiger partial charge on any atom is 0.255 e. The molecule has 0 spiro atoms. The van der Waals surface area contributed by atoms with Gasteiger partial charge in [0.25, 0.3) is 5.91 Å². The number of anilines is 1. The Morgan fingerprint density at radius 2 is 2.05 bits per heavy atom. The number of nitrogens with two attached hydrogens (primary N) is 1. The van der Waals surface area contributed by atoms with E-state index in [0.717, 1.165) is 12.0 Å². The summed E-state index contributed by atoms with van der Waals surface area (Å²) in [5.41, 5.74) is 7.84. The number of hydrogen-bond donors (Lipinski definition) is 2. The molecule has 1 aromatic carbocycles. The Balaban J connectivity index is 1.95. The van der Waals surface area contributed by atoms with Gasteiger partial charge in [0.1, 0.15) is 5.75 Å². The molecule has 1 amide bonds. The van der Waals surface area contributed by atoms with E-state index in [1.807, 2.05) is 12.1 Å². The molecule has 1 heterocycles. The summed E-state index contributed by atoms with van der Waals surface area (Å²) in [6.45, 7) is 0.552. The third-order valence-electron chi connectivity index (χ3n) is 2.92. The smallest absolute Gasteiger partial charge is 0.255 e. The Morgan fingerprint density at radius 3 is 2.75 bits per heavy atom. The van der Waals surface area contributed by atoms with E-state index in [1.54, 1.807) is 30.6 Å². The van der Waals surface area contributed by atoms with E-state index in [1.165, 1.54) is 7.11 Å². The van der Waals surface area contributed by atoms with Crippen LogP contribution in [-0.2, 0) is 6.42 Å². The second-order valence-corrected chi connectivity index (χ2v) is 4.32. The first-order chi connectivity index (χ1) is 9.70. The summed E-state index contributed by atoms with van der Waals surface area (Å²) in [4.78, 5) is 16.0. The van der Waals surface area contributed by atoms with Crippen LogP contribution in [0.5, 0.6) is 5.75 Å². The van der Waals surface area contributed by atoms with Crippen molar-refractivity contribution in [1.82, 2.24) is 10.3 Å². The van der Waals surface area contributed by atoms with E-state index >= 15 is 0 Å². The van der Waals surface area contributed by atoms with Gasteiger partial charge < -0.3 is 15.8 Å². The summed E-state index contributed by atoms with van der Waals surface area (Å²) in [5, 5.41) is 2.86. The largest absolute Gasteiger partial charge is 0.496 e. The number of nitrogens with one attached hydrogen (secondary N) is 1. The van der Waals surface area contributed by atoms with Crippen molar-refractivity contribution in [2.45, 2.75) is 6.42 Å². The van der Waals surface area contributed by atoms with Crippen LogP contribution in [0.2, 0.25) is 0 Å². The topological polar surface area (TPSA) is 77.2 Å². The van der Waals surface area contributed by atoms with Crippen molar-refractivity contribution in [3.05, 3.63) is 53.9 Å². The number of amides is 1. The maximum absolute atomic E-state index is 12.1. The number of nitrogen functional groups attached to an aromatic ring is 1. The fourth-order valence-electron chi connectivity index (χ4n) is 1.86. The molecular weight excluding hydrogens is 254 g/mol. The Bertz CT molecular complexity index is 585. The van der Waals surface area contributed by atoms with Crippen LogP contribution in [0.1, 0.15) is 15.9 Å². The molecule has 0 unspecified atom stereocenters. The van der Waals surface area contributed by atoms with Gasteiger partial charge in [0.2, 0.25) is 0 Å². The van der Waals surface area contributed by atoms with Gasteiger partial charge in [0.15, 0.2) is 0 Å². The summed E-state index contributed by atoms with van der Waals surface area (Å²) in [6.07, 6.45) is 4.23. The zero-order valence-corrected chi connectivity index (χ0v) is 11.3. The van der Waals surface area contributed by atoms with Crippen LogP contribution in [0.15, 0.2) is 42.7 Å². The lowest BCUT2D eigenvalue weighted by Crippen LogP contribution is -2.26. The second-order valence-electron chi connectivity index (χ2n) is 4.32. The number of hydrogen-bond acceptors (Lipinski definition) is 4. The Morgan fingerprint density at radius 1 is 1.30 bits per heavy atom. The quantitative estimate of drug-likeness (QED) is 0.810. The second kappa shape index (κ2) is 6.56. The van der Waals surface area contributed by atoms with Crippen molar-refractivity contribution < 1.29 is 9.53 Å². The standard InChI is InChI=1S/C15H17N3O2/c1-20-14-10-12(16)2-3-13(14)15(19)18-9-6-11-4-7-17-8-5-11/h2-5,7-8,10H,6,9,16H2,1H3,(H,18,19). The number of rotatable bonds is 5. The lowest BCUT2D eigenvalue weighted by molar-refractivity contribution is 0.0951. The number of pyridine rings is 1. The van der Waals surface area contributed by atoms with Crippen molar-refractivity contribution >= 4 is 11.6 Å². The molecule has 0 saturated heterocycles. The summed E-state index contributed by atoms with van der Waals surface area (Å²) < 4.78 is 5.16. The molecule has 0 aliphatic carbocycles. The minimum Gasteiger partial charge on any atom is -0.496 e. The molecule has 1 aromatic heterocycles. The van der Waals surface area contributed by atoms with Crippen molar-refractivity contribution in [2.24, 2.45) is 0 Å². The van der Waals surface area contributed by atoms with E-state index in [9.17, 15) is 4.79 Å². The zero-order chi connectivity index (χ0) is 14.4. The van der Waals surface area contributed by atoms with Gasteiger partial charge in [-0.15, -0.1) is 0 Å². The number of nitrogens with zero attached hydrogens (tertiary/aromatic N) is 1. The van der Waals surface area contributed by atoms with Gasteiger partial charge in [0.05, 0.1) is 12.7 Å². The molecule has 104 valence electrons. The SMILES string of the molecule is COc1cc(N)ccc1C(=O)NCCc1ccncc1. The van der Waals surface area contributed by atoms with Crippen molar-refractivity contribution in [2.75, 3.05) is 19.4 Å². The molecular formula is C15H17N3O2. The first-order valence-electron chi connectivity index (χ1n) is 6.31. The average molecular weight is 271 g/mol. The monoisotopic (exact) mass is 271 g/mol. The molecule has 5 heteroatoms. The normalized spacial score (nSPS) is 10.1. The van der Waals surface area contributed by atoms with Crippen LogP contribution >= 0.6 is 0 Å². The summed E-state index contributed by atoms with van der Waals surface area (Å²) >= 11 is 0. The minimum absolute atomic E-state index is 0.170. The average Bonchev–Trinajstić information content (AvgIpc) is 2.48. The first kappa shape index (κ1) is 13.9. The highest BCUT2D eigenvalue weighted by atomic mass is 16.5. The third-order valence-corrected chi connectivity index (χ3v) is 2.92. The zero-order valence-electron chi connectivity index (χ0n) is 11.3. The Kier molecular flexibility index (Phi) is 4.55. The van der Waals surface area contributed by atoms with Crippen LogP contribution in [-0.4, -0.2) is 24.5 Å². The predicted molar refractivity (Wildman–Crippen MR) is 77.7 cm³/mol. The van der Waals surface area contributed by atoms with Gasteiger partial charge in [-0.3, -0.25) is 9.78 Å². The van der Waals surface area contributed by atoms with Gasteiger partial charge >= 0.3 is 0 Å². The number of carbonyl (C=O) groups is 1. The highest BCUT2D eigenvalue weighted by Crippen LogP contribution is 2.21. The van der Waals surface area contributed by atoms with Gasteiger partial charge in [-0.2, -0.15) is 0 Å². The summed E-state index contributed by atoms with van der Waals surface area (Å²) in [7, 11) is 1.52. The third kappa shape index (κ3) is 3.47. The molecule has 2 rings (SSSR count). The van der Waals surface area contributed by atoms with E-state index < -0.39 is 0 Å². The molecule has 0 aliphatic rings. The van der Waals surface area contributed by atoms with Crippen LogP contribution in [0.25, 0.3) is 0 Å². The van der Waals surface area contributed by atoms with Crippen LogP contribution in [0.3, 0.4) is 0 Å². The minimum atomic E-state index is -0.170. The summed E-state index contributed by atoms with van der Waals surface area (Å²) in [5.74, 6) is 0.308. The Hall–Kier alpha value is -2.56. The molecule has 3 N–H and O–H groups in total. The van der Waals surface area contributed by atoms with Crippen LogP contribution in [0.4, 0.5) is 5.69 Å². The fraction of sp³-hybridized carbons (Fsp3) is 0.200. The first-order valence-corrected chi connectivity index (χ1v) is 6.31. The molecule has 2 aromatic rings. The van der Waals surface area contributed by atoms with E-state index in [0.29, 0.717) is 23.5 Å². The number of carbonyl (C=O) groups excluding carboxylic acids is 1. The van der Waals surface area contributed by atoms with E-state index in [-0.39, 0.29) is 5.91 Å². The molecule has 0 radical (unpaired) electrons. The molecule has 0 fully saturated rings. The lowest BCUT2D eigenvalue weighted by atomic mass is 10.1. The van der Waals surface area contributed by atoms with Gasteiger partial charge in [-0.1, -0.05) is 0 Å². The Labute approximate surface area is 117 Å². The number of ether oxygens (including phenoxy) is 1. The predicted octanol–water partition coefficient (Wildman–Crippen LogP) is 1.64. The number of methoxy groups -OCH3 is 1. The fourth-order valence-corrected chi connectivity index (χ4v) is 1.86.